The fraction of sp³-hybridized carbons (Fsp3) is 0. The van der Waals surface area contributed by atoms with Gasteiger partial charge in [0.2, 0.25) is 0 Å². The Labute approximate surface area is 60.2 Å². The van der Waals surface area contributed by atoms with Crippen LogP contribution in [0.1, 0.15) is 5.56 Å². The quantitative estimate of drug-likeness (QED) is 0.296. The molecule has 2 radical (unpaired) electrons. The number of aromatic nitrogens is 1. The SMILES string of the molecule is [B]c1cncc(C(=N)N)c1. The van der Waals surface area contributed by atoms with E-state index < -0.39 is 0 Å². The minimum atomic E-state index is -0.0141. The minimum absolute atomic E-state index is 0.0141. The van der Waals surface area contributed by atoms with Gasteiger partial charge >= 0.3 is 0 Å². The fourth-order valence-electron chi connectivity index (χ4n) is 0.605. The average molecular weight is 131 g/mol. The van der Waals surface area contributed by atoms with E-state index in [-0.39, 0.29) is 5.84 Å². The van der Waals surface area contributed by atoms with Crippen molar-refractivity contribution < 1.29 is 0 Å². The summed E-state index contributed by atoms with van der Waals surface area (Å²) in [4.78, 5) is 3.76. The first-order valence-electron chi connectivity index (χ1n) is 2.75. The lowest BCUT2D eigenvalue weighted by Crippen LogP contribution is -2.15. The third-order valence-electron chi connectivity index (χ3n) is 1.07. The van der Waals surface area contributed by atoms with Gasteiger partial charge in [-0.25, -0.2) is 0 Å². The lowest BCUT2D eigenvalue weighted by Gasteiger charge is -1.96. The van der Waals surface area contributed by atoms with Gasteiger partial charge in [0.25, 0.3) is 0 Å². The number of nitrogens with zero attached hydrogens (tertiary/aromatic N) is 1. The van der Waals surface area contributed by atoms with E-state index in [2.05, 4.69) is 4.98 Å². The maximum atomic E-state index is 7.01. The van der Waals surface area contributed by atoms with Crippen LogP contribution in [0.5, 0.6) is 0 Å². The summed E-state index contributed by atoms with van der Waals surface area (Å²) in [5, 5.41) is 7.01. The highest BCUT2D eigenvalue weighted by Gasteiger charge is 1.94. The molecule has 0 saturated carbocycles. The molecule has 0 unspecified atom stereocenters. The summed E-state index contributed by atoms with van der Waals surface area (Å²) in [5.41, 5.74) is 6.25. The maximum absolute atomic E-state index is 7.01. The standard InChI is InChI=1S/C6H6BN3/c7-5-1-4(6(8)9)2-10-3-5/h1-3H,(H3,8,9). The number of amidine groups is 1. The van der Waals surface area contributed by atoms with Crippen LogP contribution in [0.25, 0.3) is 0 Å². The molecule has 0 saturated heterocycles. The molecular weight excluding hydrogens is 125 g/mol. The first-order valence-corrected chi connectivity index (χ1v) is 2.75. The van der Waals surface area contributed by atoms with E-state index in [0.29, 0.717) is 11.0 Å². The molecule has 0 fully saturated rings. The molecule has 10 heavy (non-hydrogen) atoms. The lowest BCUT2D eigenvalue weighted by atomic mass is 9.97. The van der Waals surface area contributed by atoms with Crippen LogP contribution in [0, 0.1) is 5.41 Å². The van der Waals surface area contributed by atoms with Crippen molar-refractivity contribution in [2.45, 2.75) is 0 Å². The third kappa shape index (κ3) is 1.34. The van der Waals surface area contributed by atoms with E-state index in [1.165, 1.54) is 12.4 Å². The number of nitrogens with two attached hydrogens (primary N) is 1. The summed E-state index contributed by atoms with van der Waals surface area (Å²) < 4.78 is 0. The molecule has 0 bridgehead atoms. The Balaban J connectivity index is 3.07. The second-order valence-corrected chi connectivity index (χ2v) is 1.92. The van der Waals surface area contributed by atoms with Gasteiger partial charge in [-0.3, -0.25) is 10.4 Å². The van der Waals surface area contributed by atoms with Crippen LogP contribution in [0.4, 0.5) is 0 Å². The van der Waals surface area contributed by atoms with E-state index in [0.717, 1.165) is 0 Å². The first kappa shape index (κ1) is 6.80. The molecule has 0 aliphatic carbocycles. The van der Waals surface area contributed by atoms with Gasteiger partial charge in [0.05, 0.1) is 0 Å². The first-order chi connectivity index (χ1) is 4.70. The Bertz CT molecular complexity index is 259. The summed E-state index contributed by atoms with van der Waals surface area (Å²) >= 11 is 0. The van der Waals surface area contributed by atoms with Crippen LogP contribution in [0.2, 0.25) is 0 Å². The summed E-state index contributed by atoms with van der Waals surface area (Å²) in [6.45, 7) is 0. The number of nitrogens with one attached hydrogen (secondary N) is 1. The molecule has 0 aliphatic rings. The zero-order valence-corrected chi connectivity index (χ0v) is 5.33. The number of pyridine rings is 1. The van der Waals surface area contributed by atoms with Gasteiger partial charge in [-0.15, -0.1) is 0 Å². The van der Waals surface area contributed by atoms with Crippen molar-refractivity contribution in [3.63, 3.8) is 0 Å². The second kappa shape index (κ2) is 2.52. The Morgan fingerprint density at radius 1 is 1.60 bits per heavy atom. The highest BCUT2D eigenvalue weighted by Crippen LogP contribution is 1.89. The van der Waals surface area contributed by atoms with Crippen LogP contribution in [-0.4, -0.2) is 18.7 Å². The van der Waals surface area contributed by atoms with Gasteiger partial charge < -0.3 is 5.73 Å². The molecular formula is C6H6BN3. The molecule has 4 heteroatoms. The zero-order chi connectivity index (χ0) is 7.56. The molecule has 3 nitrogen and oxygen atoms in total. The zero-order valence-electron chi connectivity index (χ0n) is 5.33. The van der Waals surface area contributed by atoms with E-state index in [1.807, 2.05) is 0 Å². The minimum Gasteiger partial charge on any atom is -0.384 e. The monoisotopic (exact) mass is 131 g/mol. The molecule has 1 heterocycles. The van der Waals surface area contributed by atoms with E-state index in [1.54, 1.807) is 6.07 Å². The molecule has 1 rings (SSSR count). The molecule has 0 atom stereocenters. The van der Waals surface area contributed by atoms with Crippen molar-refractivity contribution in [1.29, 1.82) is 5.41 Å². The smallest absolute Gasteiger partial charge is 0.124 e. The van der Waals surface area contributed by atoms with Crippen LogP contribution in [-0.2, 0) is 0 Å². The molecule has 0 aliphatic heterocycles. The Morgan fingerprint density at radius 3 is 2.70 bits per heavy atom. The summed E-state index contributed by atoms with van der Waals surface area (Å²) in [6.07, 6.45) is 3.01. The van der Waals surface area contributed by atoms with E-state index in [9.17, 15) is 0 Å². The number of hydrogen-bond acceptors (Lipinski definition) is 2. The number of rotatable bonds is 1. The summed E-state index contributed by atoms with van der Waals surface area (Å²) in [7, 11) is 5.38. The highest BCUT2D eigenvalue weighted by atomic mass is 14.7. The van der Waals surface area contributed by atoms with E-state index >= 15 is 0 Å². The van der Waals surface area contributed by atoms with E-state index in [4.69, 9.17) is 19.0 Å². The van der Waals surface area contributed by atoms with Crippen LogP contribution < -0.4 is 11.2 Å². The summed E-state index contributed by atoms with van der Waals surface area (Å²) in [6, 6.07) is 1.61. The van der Waals surface area contributed by atoms with Gasteiger partial charge in [-0.1, -0.05) is 11.5 Å². The molecule has 1 aromatic heterocycles. The van der Waals surface area contributed by atoms with Crippen molar-refractivity contribution in [2.24, 2.45) is 5.73 Å². The van der Waals surface area contributed by atoms with Crippen molar-refractivity contribution >= 4 is 19.1 Å². The topological polar surface area (TPSA) is 62.8 Å². The van der Waals surface area contributed by atoms with Crippen LogP contribution >= 0.6 is 0 Å². The molecule has 48 valence electrons. The molecule has 1 aromatic rings. The maximum Gasteiger partial charge on any atom is 0.124 e. The fourth-order valence-corrected chi connectivity index (χ4v) is 0.605. The Hall–Kier alpha value is -1.32. The third-order valence-corrected chi connectivity index (χ3v) is 1.07. The Morgan fingerprint density at radius 2 is 2.30 bits per heavy atom. The van der Waals surface area contributed by atoms with Crippen molar-refractivity contribution in [3.8, 4) is 0 Å². The van der Waals surface area contributed by atoms with Crippen molar-refractivity contribution in [1.82, 2.24) is 4.98 Å². The molecule has 0 aromatic carbocycles. The van der Waals surface area contributed by atoms with Gasteiger partial charge in [0, 0.05) is 18.0 Å². The number of nitrogen functional groups attached to an aromatic ring is 1. The van der Waals surface area contributed by atoms with Gasteiger partial charge in [0.15, 0.2) is 0 Å². The predicted molar refractivity (Wildman–Crippen MR) is 40.6 cm³/mol. The largest absolute Gasteiger partial charge is 0.384 e. The van der Waals surface area contributed by atoms with Crippen LogP contribution in [0.15, 0.2) is 18.5 Å². The predicted octanol–water partition coefficient (Wildman–Crippen LogP) is -0.841. The Kier molecular flexibility index (Phi) is 1.71. The second-order valence-electron chi connectivity index (χ2n) is 1.92. The normalized spacial score (nSPS) is 9.20. The molecule has 0 amide bonds. The average Bonchev–Trinajstić information content (AvgIpc) is 1.88. The van der Waals surface area contributed by atoms with Crippen molar-refractivity contribution in [3.05, 3.63) is 24.0 Å². The highest BCUT2D eigenvalue weighted by molar-refractivity contribution is 6.32. The molecule has 0 spiro atoms. The van der Waals surface area contributed by atoms with Gasteiger partial charge in [-0.2, -0.15) is 0 Å². The lowest BCUT2D eigenvalue weighted by molar-refractivity contribution is 1.31. The van der Waals surface area contributed by atoms with Crippen LogP contribution in [0.3, 0.4) is 0 Å². The van der Waals surface area contributed by atoms with Gasteiger partial charge in [0.1, 0.15) is 13.7 Å². The summed E-state index contributed by atoms with van der Waals surface area (Å²) in [5.74, 6) is -0.0141. The van der Waals surface area contributed by atoms with Crippen molar-refractivity contribution in [2.75, 3.05) is 0 Å². The number of hydrogen-bond donors (Lipinski definition) is 2. The van der Waals surface area contributed by atoms with Gasteiger partial charge in [-0.05, 0) is 0 Å². The molecule has 3 N–H and O–H groups in total.